The number of carbonyl (C=O) groups is 1. The number of nitrogens with one attached hydrogen (secondary N) is 1. The van der Waals surface area contributed by atoms with Gasteiger partial charge in [0, 0.05) is 12.6 Å². The van der Waals surface area contributed by atoms with E-state index in [2.05, 4.69) is 24.1 Å². The molecule has 0 bridgehead atoms. The molecule has 128 valence electrons. The average molecular weight is 318 g/mol. The Balaban J connectivity index is 1.89. The molecular formula is C19H30N2O2. The standard InChI is InChI=1S/C19H30N2O2/c1-14(2)23-18-8-6-5-7-17(18)19(22)20-13-16(4)21-11-9-15(3)10-12-21/h5-8,14-16H,9-13H2,1-4H3,(H,20,22). The van der Waals surface area contributed by atoms with Crippen LogP contribution in [0.1, 0.15) is 50.9 Å². The summed E-state index contributed by atoms with van der Waals surface area (Å²) in [6, 6.07) is 7.80. The summed E-state index contributed by atoms with van der Waals surface area (Å²) in [5, 5.41) is 3.06. The molecule has 4 heteroatoms. The van der Waals surface area contributed by atoms with Crippen LogP contribution < -0.4 is 10.1 Å². The molecule has 1 aliphatic heterocycles. The summed E-state index contributed by atoms with van der Waals surface area (Å²) < 4.78 is 5.73. The number of piperidine rings is 1. The van der Waals surface area contributed by atoms with Gasteiger partial charge in [0.2, 0.25) is 0 Å². The van der Waals surface area contributed by atoms with E-state index in [0.717, 1.165) is 19.0 Å². The van der Waals surface area contributed by atoms with E-state index < -0.39 is 0 Å². The number of para-hydroxylation sites is 1. The average Bonchev–Trinajstić information content (AvgIpc) is 2.53. The second-order valence-corrected chi connectivity index (χ2v) is 6.94. The summed E-state index contributed by atoms with van der Waals surface area (Å²) >= 11 is 0. The quantitative estimate of drug-likeness (QED) is 0.875. The highest BCUT2D eigenvalue weighted by Gasteiger charge is 2.21. The van der Waals surface area contributed by atoms with Crippen LogP contribution in [0.25, 0.3) is 0 Å². The largest absolute Gasteiger partial charge is 0.490 e. The second kappa shape index (κ2) is 8.34. The highest BCUT2D eigenvalue weighted by Crippen LogP contribution is 2.20. The maximum Gasteiger partial charge on any atom is 0.255 e. The fourth-order valence-electron chi connectivity index (χ4n) is 2.94. The van der Waals surface area contributed by atoms with Crippen LogP contribution in [0, 0.1) is 5.92 Å². The minimum atomic E-state index is -0.0570. The maximum atomic E-state index is 12.5. The number of nitrogens with zero attached hydrogens (tertiary/aromatic N) is 1. The molecule has 23 heavy (non-hydrogen) atoms. The van der Waals surface area contributed by atoms with Crippen LogP contribution in [0.4, 0.5) is 0 Å². The van der Waals surface area contributed by atoms with Gasteiger partial charge < -0.3 is 10.1 Å². The van der Waals surface area contributed by atoms with E-state index in [-0.39, 0.29) is 12.0 Å². The molecule has 1 aromatic rings. The smallest absolute Gasteiger partial charge is 0.255 e. The van der Waals surface area contributed by atoms with Gasteiger partial charge in [0.15, 0.2) is 0 Å². The van der Waals surface area contributed by atoms with E-state index in [1.54, 1.807) is 0 Å². The SMILES string of the molecule is CC1CCN(C(C)CNC(=O)c2ccccc2OC(C)C)CC1. The van der Waals surface area contributed by atoms with Crippen LogP contribution in [-0.4, -0.2) is 42.6 Å². The molecule has 1 aromatic carbocycles. The van der Waals surface area contributed by atoms with E-state index in [0.29, 0.717) is 23.9 Å². The van der Waals surface area contributed by atoms with Gasteiger partial charge in [-0.1, -0.05) is 19.1 Å². The van der Waals surface area contributed by atoms with Gasteiger partial charge >= 0.3 is 0 Å². The number of rotatable bonds is 6. The topological polar surface area (TPSA) is 41.6 Å². The summed E-state index contributed by atoms with van der Waals surface area (Å²) in [5.41, 5.74) is 0.612. The monoisotopic (exact) mass is 318 g/mol. The molecule has 1 fully saturated rings. The molecule has 0 spiro atoms. The lowest BCUT2D eigenvalue weighted by Gasteiger charge is -2.35. The first-order valence-corrected chi connectivity index (χ1v) is 8.75. The predicted octanol–water partition coefficient (Wildman–Crippen LogP) is 3.32. The fourth-order valence-corrected chi connectivity index (χ4v) is 2.94. The fraction of sp³-hybridized carbons (Fsp3) is 0.632. The molecule has 1 heterocycles. The van der Waals surface area contributed by atoms with Gasteiger partial charge in [-0.15, -0.1) is 0 Å². The van der Waals surface area contributed by atoms with Crippen LogP contribution in [0.15, 0.2) is 24.3 Å². The van der Waals surface area contributed by atoms with E-state index in [1.807, 2.05) is 38.1 Å². The first-order valence-electron chi connectivity index (χ1n) is 8.75. The molecule has 1 atom stereocenters. The Morgan fingerprint density at radius 2 is 1.91 bits per heavy atom. The molecular weight excluding hydrogens is 288 g/mol. The molecule has 1 aliphatic rings. The van der Waals surface area contributed by atoms with Crippen LogP contribution in [0.3, 0.4) is 0 Å². The van der Waals surface area contributed by atoms with Crippen molar-refractivity contribution < 1.29 is 9.53 Å². The van der Waals surface area contributed by atoms with Crippen LogP contribution >= 0.6 is 0 Å². The van der Waals surface area contributed by atoms with Gasteiger partial charge in [-0.3, -0.25) is 9.69 Å². The van der Waals surface area contributed by atoms with Gasteiger partial charge in [0.05, 0.1) is 11.7 Å². The van der Waals surface area contributed by atoms with Crippen molar-refractivity contribution >= 4 is 5.91 Å². The lowest BCUT2D eigenvalue weighted by molar-refractivity contribution is 0.0916. The Morgan fingerprint density at radius 3 is 2.57 bits per heavy atom. The Kier molecular flexibility index (Phi) is 6.46. The van der Waals surface area contributed by atoms with Crippen LogP contribution in [-0.2, 0) is 0 Å². The van der Waals surface area contributed by atoms with E-state index in [1.165, 1.54) is 12.8 Å². The van der Waals surface area contributed by atoms with Gasteiger partial charge in [-0.25, -0.2) is 0 Å². The molecule has 0 aliphatic carbocycles. The van der Waals surface area contributed by atoms with Gasteiger partial charge in [0.1, 0.15) is 5.75 Å². The zero-order valence-corrected chi connectivity index (χ0v) is 14.8. The predicted molar refractivity (Wildman–Crippen MR) is 94.0 cm³/mol. The lowest BCUT2D eigenvalue weighted by atomic mass is 9.98. The molecule has 2 rings (SSSR count). The molecule has 1 amide bonds. The van der Waals surface area contributed by atoms with Crippen molar-refractivity contribution in [3.05, 3.63) is 29.8 Å². The summed E-state index contributed by atoms with van der Waals surface area (Å²) in [6.07, 6.45) is 2.56. The first-order chi connectivity index (χ1) is 11.0. The van der Waals surface area contributed by atoms with Gasteiger partial charge in [-0.2, -0.15) is 0 Å². The number of carbonyl (C=O) groups excluding carboxylic acids is 1. The Bertz CT molecular complexity index is 508. The molecule has 1 saturated heterocycles. The normalized spacial score (nSPS) is 18.0. The van der Waals surface area contributed by atoms with Crippen molar-refractivity contribution in [2.75, 3.05) is 19.6 Å². The third-order valence-electron chi connectivity index (χ3n) is 4.49. The third kappa shape index (κ3) is 5.24. The molecule has 0 aromatic heterocycles. The highest BCUT2D eigenvalue weighted by atomic mass is 16.5. The van der Waals surface area contributed by atoms with Crippen molar-refractivity contribution in [3.63, 3.8) is 0 Å². The molecule has 0 radical (unpaired) electrons. The minimum Gasteiger partial charge on any atom is -0.490 e. The Morgan fingerprint density at radius 1 is 1.26 bits per heavy atom. The zero-order valence-electron chi connectivity index (χ0n) is 14.8. The summed E-state index contributed by atoms with van der Waals surface area (Å²) in [4.78, 5) is 14.9. The Labute approximate surface area is 140 Å². The van der Waals surface area contributed by atoms with E-state index in [9.17, 15) is 4.79 Å². The second-order valence-electron chi connectivity index (χ2n) is 6.94. The summed E-state index contributed by atoms with van der Waals surface area (Å²) in [7, 11) is 0. The maximum absolute atomic E-state index is 12.5. The molecule has 1 N–H and O–H groups in total. The minimum absolute atomic E-state index is 0.0539. The van der Waals surface area contributed by atoms with Crippen molar-refractivity contribution in [1.29, 1.82) is 0 Å². The first kappa shape index (κ1) is 17.8. The molecule has 4 nitrogen and oxygen atoms in total. The van der Waals surface area contributed by atoms with Gasteiger partial charge in [0.25, 0.3) is 5.91 Å². The van der Waals surface area contributed by atoms with E-state index in [4.69, 9.17) is 4.74 Å². The van der Waals surface area contributed by atoms with Crippen molar-refractivity contribution in [2.24, 2.45) is 5.92 Å². The number of benzene rings is 1. The number of hydrogen-bond donors (Lipinski definition) is 1. The Hall–Kier alpha value is -1.55. The van der Waals surface area contributed by atoms with Gasteiger partial charge in [-0.05, 0) is 64.8 Å². The number of hydrogen-bond acceptors (Lipinski definition) is 3. The zero-order chi connectivity index (χ0) is 16.8. The van der Waals surface area contributed by atoms with Crippen LogP contribution in [0.5, 0.6) is 5.75 Å². The van der Waals surface area contributed by atoms with Crippen LogP contribution in [0.2, 0.25) is 0 Å². The number of likely N-dealkylation sites (tertiary alicyclic amines) is 1. The highest BCUT2D eigenvalue weighted by molar-refractivity contribution is 5.96. The third-order valence-corrected chi connectivity index (χ3v) is 4.49. The van der Waals surface area contributed by atoms with Crippen molar-refractivity contribution in [1.82, 2.24) is 10.2 Å². The van der Waals surface area contributed by atoms with E-state index >= 15 is 0 Å². The number of amides is 1. The summed E-state index contributed by atoms with van der Waals surface area (Å²) in [5.74, 6) is 1.42. The molecule has 1 unspecified atom stereocenters. The van der Waals surface area contributed by atoms with Crippen molar-refractivity contribution in [2.45, 2.75) is 52.7 Å². The summed E-state index contributed by atoms with van der Waals surface area (Å²) in [6.45, 7) is 11.4. The lowest BCUT2D eigenvalue weighted by Crippen LogP contribution is -2.45. The van der Waals surface area contributed by atoms with Crippen molar-refractivity contribution in [3.8, 4) is 5.75 Å². The number of ether oxygens (including phenoxy) is 1. The molecule has 0 saturated carbocycles.